The number of hydrogen-bond donors (Lipinski definition) is 1. The number of benzene rings is 1. The van der Waals surface area contributed by atoms with E-state index in [9.17, 15) is 18.0 Å². The van der Waals surface area contributed by atoms with Gasteiger partial charge in [0, 0.05) is 12.4 Å². The van der Waals surface area contributed by atoms with Gasteiger partial charge in [0.2, 0.25) is 11.9 Å². The van der Waals surface area contributed by atoms with E-state index < -0.39 is 24.3 Å². The van der Waals surface area contributed by atoms with Gasteiger partial charge >= 0.3 is 6.18 Å². The standard InChI is InChI=1S/C24H21F3N6O2/c1-23(9-15-10-28-13-29-11-15)19-8-17(16-3-2-4-18(7-16)35-12-24(25,26)27)5-6-20(19)33(21(23)34)22-30-14-31-32-22/h2-3,5-8,10-11,13-14,18H,4,9,12H2,1H3,(H,30,31,32). The van der Waals surface area contributed by atoms with Crippen LogP contribution in [-0.4, -0.2) is 49.9 Å². The van der Waals surface area contributed by atoms with Crippen molar-refractivity contribution in [2.24, 2.45) is 0 Å². The first kappa shape index (κ1) is 22.9. The van der Waals surface area contributed by atoms with E-state index in [0.29, 0.717) is 24.5 Å². The maximum absolute atomic E-state index is 13.7. The van der Waals surface area contributed by atoms with E-state index in [1.54, 1.807) is 24.5 Å². The first-order valence-electron chi connectivity index (χ1n) is 10.9. The van der Waals surface area contributed by atoms with Crippen LogP contribution in [0.3, 0.4) is 0 Å². The third-order valence-corrected chi connectivity index (χ3v) is 6.12. The fraction of sp³-hybridized carbons (Fsp3) is 0.292. The zero-order chi connectivity index (χ0) is 24.6. The highest BCUT2D eigenvalue weighted by Crippen LogP contribution is 2.47. The molecular weight excluding hydrogens is 461 g/mol. The number of carbonyl (C=O) groups is 1. The third-order valence-electron chi connectivity index (χ3n) is 6.12. The van der Waals surface area contributed by atoms with E-state index in [0.717, 1.165) is 22.3 Å². The highest BCUT2D eigenvalue weighted by molar-refractivity contribution is 6.12. The summed E-state index contributed by atoms with van der Waals surface area (Å²) in [6.45, 7) is 0.541. The van der Waals surface area contributed by atoms with Crippen LogP contribution >= 0.6 is 0 Å². The van der Waals surface area contributed by atoms with Gasteiger partial charge in [-0.15, -0.1) is 0 Å². The largest absolute Gasteiger partial charge is 0.411 e. The van der Waals surface area contributed by atoms with E-state index in [-0.39, 0.29) is 5.91 Å². The molecule has 1 aromatic carbocycles. The van der Waals surface area contributed by atoms with Crippen molar-refractivity contribution in [1.29, 1.82) is 0 Å². The first-order valence-corrected chi connectivity index (χ1v) is 10.9. The molecule has 0 bridgehead atoms. The van der Waals surface area contributed by atoms with Gasteiger partial charge in [-0.05, 0) is 60.2 Å². The predicted molar refractivity (Wildman–Crippen MR) is 121 cm³/mol. The zero-order valence-corrected chi connectivity index (χ0v) is 18.7. The number of aromatic nitrogens is 5. The van der Waals surface area contributed by atoms with Gasteiger partial charge in [0.05, 0.1) is 17.2 Å². The summed E-state index contributed by atoms with van der Waals surface area (Å²) in [4.78, 5) is 27.5. The van der Waals surface area contributed by atoms with Crippen LogP contribution in [0.1, 0.15) is 30.0 Å². The number of allylic oxidation sites excluding steroid dienone is 2. The molecule has 1 N–H and O–H groups in total. The van der Waals surface area contributed by atoms with E-state index in [2.05, 4.69) is 25.1 Å². The Kier molecular flexibility index (Phi) is 5.72. The molecule has 1 aliphatic carbocycles. The molecule has 8 nitrogen and oxygen atoms in total. The second-order valence-corrected chi connectivity index (χ2v) is 8.66. The molecule has 35 heavy (non-hydrogen) atoms. The van der Waals surface area contributed by atoms with Crippen LogP contribution in [-0.2, 0) is 21.4 Å². The molecule has 0 radical (unpaired) electrons. The number of alkyl halides is 3. The van der Waals surface area contributed by atoms with Crippen molar-refractivity contribution in [1.82, 2.24) is 25.1 Å². The molecule has 1 aliphatic heterocycles. The summed E-state index contributed by atoms with van der Waals surface area (Å²) in [6, 6.07) is 5.54. The normalized spacial score (nSPS) is 21.8. The van der Waals surface area contributed by atoms with Crippen molar-refractivity contribution in [3.05, 3.63) is 78.2 Å². The number of aromatic amines is 1. The van der Waals surface area contributed by atoms with Crippen molar-refractivity contribution < 1.29 is 22.7 Å². The number of nitrogens with zero attached hydrogens (tertiary/aromatic N) is 5. The molecule has 1 amide bonds. The number of anilines is 2. The molecule has 3 aromatic rings. The Morgan fingerprint density at radius 2 is 2.03 bits per heavy atom. The van der Waals surface area contributed by atoms with Crippen molar-refractivity contribution in [3.8, 4) is 0 Å². The molecule has 2 unspecified atom stereocenters. The van der Waals surface area contributed by atoms with E-state index in [4.69, 9.17) is 4.74 Å². The maximum Gasteiger partial charge on any atom is 0.411 e. The number of carbonyl (C=O) groups excluding carboxylic acids is 1. The van der Waals surface area contributed by atoms with E-state index in [1.165, 1.54) is 17.6 Å². The van der Waals surface area contributed by atoms with Gasteiger partial charge in [-0.1, -0.05) is 18.2 Å². The lowest BCUT2D eigenvalue weighted by Gasteiger charge is -2.24. The second-order valence-electron chi connectivity index (χ2n) is 8.66. The molecule has 2 aromatic heterocycles. The van der Waals surface area contributed by atoms with E-state index >= 15 is 0 Å². The SMILES string of the molecule is CC1(Cc2cncnc2)C(=O)N(c2ncn[nH]2)c2ccc(C3=CC(OCC(F)(F)F)CC=C3)cc21. The highest BCUT2D eigenvalue weighted by atomic mass is 19.4. The Morgan fingerprint density at radius 1 is 1.23 bits per heavy atom. The van der Waals surface area contributed by atoms with Gasteiger partial charge in [0.1, 0.15) is 19.3 Å². The summed E-state index contributed by atoms with van der Waals surface area (Å²) in [7, 11) is 0. The van der Waals surface area contributed by atoms with Gasteiger partial charge in [-0.2, -0.15) is 23.3 Å². The van der Waals surface area contributed by atoms with Gasteiger partial charge in [-0.3, -0.25) is 4.79 Å². The fourth-order valence-electron chi connectivity index (χ4n) is 4.50. The predicted octanol–water partition coefficient (Wildman–Crippen LogP) is 4.06. The number of ether oxygens (including phenoxy) is 1. The number of halogens is 3. The Labute approximate surface area is 198 Å². The number of hydrogen-bond acceptors (Lipinski definition) is 6. The Balaban J connectivity index is 1.54. The van der Waals surface area contributed by atoms with Crippen LogP contribution in [0, 0.1) is 0 Å². The number of H-pyrrole nitrogens is 1. The molecule has 3 heterocycles. The van der Waals surface area contributed by atoms with Crippen molar-refractivity contribution in [3.63, 3.8) is 0 Å². The summed E-state index contributed by atoms with van der Waals surface area (Å²) >= 11 is 0. The smallest absolute Gasteiger partial charge is 0.364 e. The second kappa shape index (κ2) is 8.73. The van der Waals surface area contributed by atoms with Crippen LogP contribution < -0.4 is 4.90 Å². The van der Waals surface area contributed by atoms with Crippen LogP contribution in [0.4, 0.5) is 24.8 Å². The Hall–Kier alpha value is -3.86. The molecule has 0 saturated carbocycles. The Morgan fingerprint density at radius 3 is 2.74 bits per heavy atom. The molecule has 0 spiro atoms. The average molecular weight is 482 g/mol. The molecule has 11 heteroatoms. The molecule has 0 saturated heterocycles. The van der Waals surface area contributed by atoms with Crippen LogP contribution in [0.2, 0.25) is 0 Å². The fourth-order valence-corrected chi connectivity index (χ4v) is 4.50. The monoisotopic (exact) mass is 482 g/mol. The van der Waals surface area contributed by atoms with Gasteiger partial charge in [-0.25, -0.2) is 20.0 Å². The lowest BCUT2D eigenvalue weighted by Crippen LogP contribution is -2.38. The van der Waals surface area contributed by atoms with Crippen molar-refractivity contribution in [2.45, 2.75) is 37.5 Å². The van der Waals surface area contributed by atoms with Gasteiger partial charge < -0.3 is 4.74 Å². The lowest BCUT2D eigenvalue weighted by atomic mass is 9.78. The van der Waals surface area contributed by atoms with Crippen LogP contribution in [0.25, 0.3) is 5.57 Å². The quantitative estimate of drug-likeness (QED) is 0.569. The minimum absolute atomic E-state index is 0.190. The topological polar surface area (TPSA) is 96.9 Å². The molecule has 5 rings (SSSR count). The summed E-state index contributed by atoms with van der Waals surface area (Å²) < 4.78 is 42.9. The number of rotatable bonds is 6. The van der Waals surface area contributed by atoms with Crippen LogP contribution in [0.15, 0.2) is 61.5 Å². The molecule has 180 valence electrons. The van der Waals surface area contributed by atoms with Gasteiger partial charge in [0.15, 0.2) is 0 Å². The van der Waals surface area contributed by atoms with Crippen molar-refractivity contribution >= 4 is 23.1 Å². The molecular formula is C24H21F3N6O2. The minimum atomic E-state index is -4.39. The van der Waals surface area contributed by atoms with E-state index in [1.807, 2.05) is 31.2 Å². The van der Waals surface area contributed by atoms with Gasteiger partial charge in [0.25, 0.3) is 0 Å². The third kappa shape index (κ3) is 4.46. The highest BCUT2D eigenvalue weighted by Gasteiger charge is 2.49. The molecule has 0 fully saturated rings. The molecule has 2 aliphatic rings. The van der Waals surface area contributed by atoms with Crippen LogP contribution in [0.5, 0.6) is 0 Å². The van der Waals surface area contributed by atoms with Crippen molar-refractivity contribution in [2.75, 3.05) is 11.5 Å². The number of fused-ring (bicyclic) bond motifs is 1. The summed E-state index contributed by atoms with van der Waals surface area (Å²) in [5.41, 5.74) is 2.73. The lowest BCUT2D eigenvalue weighted by molar-refractivity contribution is -0.180. The summed E-state index contributed by atoms with van der Waals surface area (Å²) in [5.74, 6) is 0.110. The summed E-state index contributed by atoms with van der Waals surface area (Å²) in [6.07, 6.45) is 7.03. The Bertz CT molecular complexity index is 1290. The number of amides is 1. The average Bonchev–Trinajstić information content (AvgIpc) is 3.44. The maximum atomic E-state index is 13.7. The minimum Gasteiger partial charge on any atom is -0.364 e. The first-order chi connectivity index (χ1) is 16.7. The summed E-state index contributed by atoms with van der Waals surface area (Å²) in [5, 5.41) is 6.63. The number of nitrogens with one attached hydrogen (secondary N) is 1. The zero-order valence-electron chi connectivity index (χ0n) is 18.7. The molecule has 2 atom stereocenters.